The van der Waals surface area contributed by atoms with E-state index in [0.717, 1.165) is 19.4 Å². The Morgan fingerprint density at radius 2 is 1.93 bits per heavy atom. The first-order valence-electron chi connectivity index (χ1n) is 9.10. The number of hydrogen-bond donors (Lipinski definition) is 0. The van der Waals surface area contributed by atoms with Crippen molar-refractivity contribution < 1.29 is 18.7 Å². The molecule has 2 fully saturated rings. The third-order valence-corrected chi connectivity index (χ3v) is 4.77. The molecular weight excluding hydrogens is 351 g/mol. The fourth-order valence-corrected chi connectivity index (χ4v) is 3.41. The number of amides is 1. The summed E-state index contributed by atoms with van der Waals surface area (Å²) in [5.74, 6) is 1.09. The van der Waals surface area contributed by atoms with Crippen molar-refractivity contribution in [3.8, 4) is 11.6 Å². The van der Waals surface area contributed by atoms with E-state index in [-0.39, 0.29) is 17.8 Å². The SMILES string of the molecule is O=C([C@H]1CCCN1c1nccc(Oc2ccc(F)cc2)n1)N1CCOCC1. The smallest absolute Gasteiger partial charge is 0.245 e. The number of rotatable bonds is 4. The summed E-state index contributed by atoms with van der Waals surface area (Å²) in [6.07, 6.45) is 3.30. The highest BCUT2D eigenvalue weighted by atomic mass is 19.1. The molecule has 1 aromatic heterocycles. The van der Waals surface area contributed by atoms with Gasteiger partial charge >= 0.3 is 0 Å². The van der Waals surface area contributed by atoms with Crippen LogP contribution >= 0.6 is 0 Å². The number of aromatic nitrogens is 2. The Kier molecular flexibility index (Phi) is 5.15. The van der Waals surface area contributed by atoms with Crippen LogP contribution in [0, 0.1) is 5.82 Å². The van der Waals surface area contributed by atoms with E-state index >= 15 is 0 Å². The van der Waals surface area contributed by atoms with Crippen LogP contribution in [0.15, 0.2) is 36.5 Å². The number of anilines is 1. The zero-order valence-electron chi connectivity index (χ0n) is 14.9. The summed E-state index contributed by atoms with van der Waals surface area (Å²) in [4.78, 5) is 25.5. The summed E-state index contributed by atoms with van der Waals surface area (Å²) < 4.78 is 24.1. The molecule has 0 N–H and O–H groups in total. The molecule has 4 rings (SSSR count). The number of carbonyl (C=O) groups excluding carboxylic acids is 1. The number of halogens is 1. The van der Waals surface area contributed by atoms with E-state index in [1.165, 1.54) is 24.3 Å². The Labute approximate surface area is 156 Å². The van der Waals surface area contributed by atoms with Gasteiger partial charge in [0.15, 0.2) is 0 Å². The molecule has 3 heterocycles. The Morgan fingerprint density at radius 1 is 1.15 bits per heavy atom. The lowest BCUT2D eigenvalue weighted by Crippen LogP contribution is -2.50. The minimum Gasteiger partial charge on any atom is -0.439 e. The summed E-state index contributed by atoms with van der Waals surface area (Å²) in [6, 6.07) is 7.12. The van der Waals surface area contributed by atoms with Gasteiger partial charge in [0.05, 0.1) is 13.2 Å². The molecule has 142 valence electrons. The fourth-order valence-electron chi connectivity index (χ4n) is 3.41. The van der Waals surface area contributed by atoms with Crippen LogP contribution in [0.3, 0.4) is 0 Å². The topological polar surface area (TPSA) is 67.8 Å². The molecule has 0 bridgehead atoms. The van der Waals surface area contributed by atoms with E-state index in [1.54, 1.807) is 12.3 Å². The molecule has 2 aromatic rings. The highest BCUT2D eigenvalue weighted by Gasteiger charge is 2.35. The standard InChI is InChI=1S/C19H21FN4O3/c20-14-3-5-15(6-4-14)27-17-7-8-21-19(22-17)24-9-1-2-16(24)18(25)23-10-12-26-13-11-23/h3-8,16H,1-2,9-13H2/t16-/m1/s1. The summed E-state index contributed by atoms with van der Waals surface area (Å²) in [5, 5.41) is 0. The van der Waals surface area contributed by atoms with E-state index in [1.807, 2.05) is 9.80 Å². The van der Waals surface area contributed by atoms with Gasteiger partial charge in [-0.1, -0.05) is 0 Å². The van der Waals surface area contributed by atoms with Gasteiger partial charge in [-0.3, -0.25) is 4.79 Å². The summed E-state index contributed by atoms with van der Waals surface area (Å²) >= 11 is 0. The number of nitrogens with zero attached hydrogens (tertiary/aromatic N) is 4. The predicted octanol–water partition coefficient (Wildman–Crippen LogP) is 2.24. The van der Waals surface area contributed by atoms with Gasteiger partial charge in [-0.25, -0.2) is 9.37 Å². The number of ether oxygens (including phenoxy) is 2. The van der Waals surface area contributed by atoms with Crippen molar-refractivity contribution in [1.29, 1.82) is 0 Å². The molecule has 1 aromatic carbocycles. The van der Waals surface area contributed by atoms with Crippen LogP contribution in [0.25, 0.3) is 0 Å². The molecule has 1 amide bonds. The zero-order valence-corrected chi connectivity index (χ0v) is 14.9. The van der Waals surface area contributed by atoms with Crippen molar-refractivity contribution in [2.45, 2.75) is 18.9 Å². The van der Waals surface area contributed by atoms with Gasteiger partial charge in [0.1, 0.15) is 17.6 Å². The van der Waals surface area contributed by atoms with Gasteiger partial charge < -0.3 is 19.3 Å². The monoisotopic (exact) mass is 372 g/mol. The molecular formula is C19H21FN4O3. The first kappa shape index (κ1) is 17.7. The Balaban J connectivity index is 1.50. The van der Waals surface area contributed by atoms with Crippen molar-refractivity contribution in [3.05, 3.63) is 42.3 Å². The van der Waals surface area contributed by atoms with Gasteiger partial charge in [-0.15, -0.1) is 0 Å². The maximum Gasteiger partial charge on any atom is 0.245 e. The minimum atomic E-state index is -0.327. The van der Waals surface area contributed by atoms with E-state index in [2.05, 4.69) is 9.97 Å². The first-order valence-corrected chi connectivity index (χ1v) is 9.10. The molecule has 0 spiro atoms. The molecule has 0 aliphatic carbocycles. The van der Waals surface area contributed by atoms with Gasteiger partial charge in [0.2, 0.25) is 17.7 Å². The number of morpholine rings is 1. The molecule has 0 saturated carbocycles. The lowest BCUT2D eigenvalue weighted by molar-refractivity contribution is -0.136. The summed E-state index contributed by atoms with van der Waals surface area (Å²) in [5.41, 5.74) is 0. The van der Waals surface area contributed by atoms with Crippen molar-refractivity contribution in [2.24, 2.45) is 0 Å². The van der Waals surface area contributed by atoms with E-state index in [0.29, 0.717) is 43.9 Å². The summed E-state index contributed by atoms with van der Waals surface area (Å²) in [7, 11) is 0. The third kappa shape index (κ3) is 4.00. The maximum absolute atomic E-state index is 13.0. The van der Waals surface area contributed by atoms with Crippen LogP contribution in [-0.4, -0.2) is 59.7 Å². The Hall–Kier alpha value is -2.74. The molecule has 2 saturated heterocycles. The van der Waals surface area contributed by atoms with Crippen molar-refractivity contribution in [2.75, 3.05) is 37.7 Å². The molecule has 27 heavy (non-hydrogen) atoms. The number of benzene rings is 1. The third-order valence-electron chi connectivity index (χ3n) is 4.77. The van der Waals surface area contributed by atoms with Crippen LogP contribution in [0.1, 0.15) is 12.8 Å². The maximum atomic E-state index is 13.0. The second-order valence-corrected chi connectivity index (χ2v) is 6.54. The largest absolute Gasteiger partial charge is 0.439 e. The average Bonchev–Trinajstić information content (AvgIpc) is 3.20. The van der Waals surface area contributed by atoms with E-state index in [4.69, 9.17) is 9.47 Å². The molecule has 7 nitrogen and oxygen atoms in total. The normalized spacial score (nSPS) is 20.0. The summed E-state index contributed by atoms with van der Waals surface area (Å²) in [6.45, 7) is 3.13. The van der Waals surface area contributed by atoms with Gasteiger partial charge in [0, 0.05) is 31.9 Å². The Bertz CT molecular complexity index is 796. The molecule has 0 unspecified atom stereocenters. The first-order chi connectivity index (χ1) is 13.2. The van der Waals surface area contributed by atoms with Gasteiger partial charge in [-0.2, -0.15) is 4.98 Å². The average molecular weight is 372 g/mol. The molecule has 2 aliphatic heterocycles. The minimum absolute atomic E-state index is 0.101. The Morgan fingerprint density at radius 3 is 2.70 bits per heavy atom. The predicted molar refractivity (Wildman–Crippen MR) is 96.3 cm³/mol. The second-order valence-electron chi connectivity index (χ2n) is 6.54. The molecule has 1 atom stereocenters. The lowest BCUT2D eigenvalue weighted by Gasteiger charge is -2.32. The molecule has 2 aliphatic rings. The van der Waals surface area contributed by atoms with Crippen LogP contribution in [-0.2, 0) is 9.53 Å². The van der Waals surface area contributed by atoms with E-state index in [9.17, 15) is 9.18 Å². The van der Waals surface area contributed by atoms with Crippen LogP contribution < -0.4 is 9.64 Å². The van der Waals surface area contributed by atoms with Crippen LogP contribution in [0.5, 0.6) is 11.6 Å². The fraction of sp³-hybridized carbons (Fsp3) is 0.421. The van der Waals surface area contributed by atoms with Crippen molar-refractivity contribution >= 4 is 11.9 Å². The molecule has 0 radical (unpaired) electrons. The highest BCUT2D eigenvalue weighted by molar-refractivity contribution is 5.85. The lowest BCUT2D eigenvalue weighted by atomic mass is 10.2. The van der Waals surface area contributed by atoms with E-state index < -0.39 is 0 Å². The quantitative estimate of drug-likeness (QED) is 0.820. The van der Waals surface area contributed by atoms with Gasteiger partial charge in [-0.05, 0) is 37.1 Å². The van der Waals surface area contributed by atoms with Crippen molar-refractivity contribution in [1.82, 2.24) is 14.9 Å². The van der Waals surface area contributed by atoms with Gasteiger partial charge in [0.25, 0.3) is 0 Å². The molecule has 8 heteroatoms. The zero-order chi connectivity index (χ0) is 18.6. The van der Waals surface area contributed by atoms with Crippen LogP contribution in [0.2, 0.25) is 0 Å². The second kappa shape index (κ2) is 7.87. The van der Waals surface area contributed by atoms with Crippen molar-refractivity contribution in [3.63, 3.8) is 0 Å². The number of carbonyl (C=O) groups is 1. The van der Waals surface area contributed by atoms with Crippen LogP contribution in [0.4, 0.5) is 10.3 Å². The number of hydrogen-bond acceptors (Lipinski definition) is 6. The highest BCUT2D eigenvalue weighted by Crippen LogP contribution is 2.27.